The summed E-state index contributed by atoms with van der Waals surface area (Å²) in [4.78, 5) is 0. The molecule has 3 N–H and O–H groups in total. The van der Waals surface area contributed by atoms with Crippen LogP contribution in [0.5, 0.6) is 0 Å². The van der Waals surface area contributed by atoms with Gasteiger partial charge in [-0.05, 0) is 13.3 Å². The second kappa shape index (κ2) is 3.82. The van der Waals surface area contributed by atoms with Crippen molar-refractivity contribution in [3.05, 3.63) is 6.92 Å². The molecule has 0 aromatic carbocycles. The van der Waals surface area contributed by atoms with Gasteiger partial charge in [-0.15, -0.1) is 0 Å². The molecule has 0 spiro atoms. The molecule has 0 saturated carbocycles. The molecule has 9 heavy (non-hydrogen) atoms. The Morgan fingerprint density at radius 1 is 1.11 bits per heavy atom. The van der Waals surface area contributed by atoms with E-state index < -0.39 is 5.41 Å². The summed E-state index contributed by atoms with van der Waals surface area (Å²) in [6.07, 6.45) is 0.333. The molecule has 0 aromatic heterocycles. The summed E-state index contributed by atoms with van der Waals surface area (Å²) in [5.41, 5.74) is -0.755. The number of hydrogen-bond acceptors (Lipinski definition) is 3. The zero-order valence-electron chi connectivity index (χ0n) is 5.38. The summed E-state index contributed by atoms with van der Waals surface area (Å²) in [6.45, 7) is 3.10. The first kappa shape index (κ1) is 8.88. The maximum absolute atomic E-state index is 8.58. The number of hydrogen-bond donors (Lipinski definition) is 3. The van der Waals surface area contributed by atoms with E-state index in [2.05, 4.69) is 6.92 Å². The third-order valence-corrected chi connectivity index (χ3v) is 1.31. The van der Waals surface area contributed by atoms with E-state index in [9.17, 15) is 0 Å². The van der Waals surface area contributed by atoms with Crippen molar-refractivity contribution in [2.45, 2.75) is 6.42 Å². The van der Waals surface area contributed by atoms with Crippen molar-refractivity contribution in [2.75, 3.05) is 19.8 Å². The van der Waals surface area contributed by atoms with E-state index in [4.69, 9.17) is 15.3 Å². The Bertz CT molecular complexity index is 68.7. The topological polar surface area (TPSA) is 60.7 Å². The lowest BCUT2D eigenvalue weighted by atomic mass is 9.89. The highest BCUT2D eigenvalue weighted by molar-refractivity contribution is 4.79. The van der Waals surface area contributed by atoms with E-state index in [-0.39, 0.29) is 19.8 Å². The van der Waals surface area contributed by atoms with Crippen LogP contribution in [0, 0.1) is 12.3 Å². The molecule has 0 fully saturated rings. The summed E-state index contributed by atoms with van der Waals surface area (Å²) >= 11 is 0. The van der Waals surface area contributed by atoms with Gasteiger partial charge in [0.1, 0.15) is 0 Å². The lowest BCUT2D eigenvalue weighted by Crippen LogP contribution is -2.27. The number of rotatable bonds is 4. The van der Waals surface area contributed by atoms with Crippen molar-refractivity contribution in [1.29, 1.82) is 0 Å². The molecule has 0 aliphatic heterocycles. The third-order valence-electron chi connectivity index (χ3n) is 1.31. The Balaban J connectivity index is 3.62. The molecule has 3 nitrogen and oxygen atoms in total. The monoisotopic (exact) mass is 133 g/mol. The predicted molar refractivity (Wildman–Crippen MR) is 33.7 cm³/mol. The zero-order valence-corrected chi connectivity index (χ0v) is 5.38. The minimum atomic E-state index is -0.755. The molecule has 0 bridgehead atoms. The van der Waals surface area contributed by atoms with Crippen LogP contribution in [0.15, 0.2) is 0 Å². The lowest BCUT2D eigenvalue weighted by Gasteiger charge is -2.22. The number of aliphatic hydroxyl groups is 3. The second-order valence-electron chi connectivity index (χ2n) is 2.29. The van der Waals surface area contributed by atoms with Crippen molar-refractivity contribution in [1.82, 2.24) is 0 Å². The van der Waals surface area contributed by atoms with Crippen LogP contribution in [0.2, 0.25) is 0 Å². The minimum absolute atomic E-state index is 0.0510. The first-order chi connectivity index (χ1) is 4.18. The fraction of sp³-hybridized carbons (Fsp3) is 0.833. The van der Waals surface area contributed by atoms with Gasteiger partial charge in [0.15, 0.2) is 0 Å². The van der Waals surface area contributed by atoms with E-state index in [1.165, 1.54) is 0 Å². The minimum Gasteiger partial charge on any atom is -0.396 e. The SMILES string of the molecule is [CH2]C(CO)(CO)CCO. The van der Waals surface area contributed by atoms with Crippen molar-refractivity contribution >= 4 is 0 Å². The van der Waals surface area contributed by atoms with Crippen LogP contribution in [-0.4, -0.2) is 35.1 Å². The van der Waals surface area contributed by atoms with Crippen LogP contribution in [0.4, 0.5) is 0 Å². The molecule has 0 amide bonds. The molecule has 0 heterocycles. The van der Waals surface area contributed by atoms with Crippen LogP contribution >= 0.6 is 0 Å². The summed E-state index contributed by atoms with van der Waals surface area (Å²) in [5.74, 6) is 0. The van der Waals surface area contributed by atoms with Crippen LogP contribution in [0.3, 0.4) is 0 Å². The van der Waals surface area contributed by atoms with Gasteiger partial charge in [-0.2, -0.15) is 0 Å². The van der Waals surface area contributed by atoms with Gasteiger partial charge in [-0.3, -0.25) is 0 Å². The molecule has 0 aromatic rings. The molecule has 3 heteroatoms. The quantitative estimate of drug-likeness (QED) is 0.469. The van der Waals surface area contributed by atoms with E-state index in [0.717, 1.165) is 0 Å². The van der Waals surface area contributed by atoms with E-state index in [1.54, 1.807) is 0 Å². The van der Waals surface area contributed by atoms with Gasteiger partial charge >= 0.3 is 0 Å². The van der Waals surface area contributed by atoms with Crippen LogP contribution < -0.4 is 0 Å². The standard InChI is InChI=1S/C6H13O3/c1-6(4-8,5-9)2-3-7/h7-9H,1-5H2. The maximum atomic E-state index is 8.58. The average molecular weight is 133 g/mol. The van der Waals surface area contributed by atoms with Crippen molar-refractivity contribution in [3.8, 4) is 0 Å². The van der Waals surface area contributed by atoms with Crippen LogP contribution in [-0.2, 0) is 0 Å². The Morgan fingerprint density at radius 2 is 1.56 bits per heavy atom. The normalized spacial score (nSPS) is 12.0. The smallest absolute Gasteiger partial charge is 0.0510 e. The van der Waals surface area contributed by atoms with Crippen molar-refractivity contribution in [3.63, 3.8) is 0 Å². The fourth-order valence-electron chi connectivity index (χ4n) is 0.445. The van der Waals surface area contributed by atoms with Gasteiger partial charge in [0, 0.05) is 12.0 Å². The van der Waals surface area contributed by atoms with Crippen molar-refractivity contribution in [2.24, 2.45) is 5.41 Å². The van der Waals surface area contributed by atoms with E-state index in [0.29, 0.717) is 6.42 Å². The first-order valence-electron chi connectivity index (χ1n) is 2.86. The summed E-state index contributed by atoms with van der Waals surface area (Å²) < 4.78 is 0. The molecular weight excluding hydrogens is 120 g/mol. The summed E-state index contributed by atoms with van der Waals surface area (Å²) in [5, 5.41) is 25.6. The predicted octanol–water partition coefficient (Wildman–Crippen LogP) is -0.826. The lowest BCUT2D eigenvalue weighted by molar-refractivity contribution is 0.0675. The van der Waals surface area contributed by atoms with Crippen LogP contribution in [0.25, 0.3) is 0 Å². The van der Waals surface area contributed by atoms with E-state index >= 15 is 0 Å². The molecule has 0 aliphatic rings. The van der Waals surface area contributed by atoms with Gasteiger partial charge in [0.25, 0.3) is 0 Å². The van der Waals surface area contributed by atoms with Crippen LogP contribution in [0.1, 0.15) is 6.42 Å². The zero-order chi connectivity index (χ0) is 7.33. The van der Waals surface area contributed by atoms with E-state index in [1.807, 2.05) is 0 Å². The van der Waals surface area contributed by atoms with Gasteiger partial charge in [-0.1, -0.05) is 0 Å². The molecule has 1 radical (unpaired) electrons. The fourth-order valence-corrected chi connectivity index (χ4v) is 0.445. The first-order valence-corrected chi connectivity index (χ1v) is 2.86. The van der Waals surface area contributed by atoms with Gasteiger partial charge in [-0.25, -0.2) is 0 Å². The van der Waals surface area contributed by atoms with Gasteiger partial charge in [0.05, 0.1) is 13.2 Å². The summed E-state index contributed by atoms with van der Waals surface area (Å²) in [7, 11) is 0. The summed E-state index contributed by atoms with van der Waals surface area (Å²) in [6, 6.07) is 0. The molecule has 0 aliphatic carbocycles. The maximum Gasteiger partial charge on any atom is 0.0510 e. The molecule has 0 saturated heterocycles. The molecule has 55 valence electrons. The Labute approximate surface area is 54.9 Å². The Kier molecular flexibility index (Phi) is 3.77. The highest BCUT2D eigenvalue weighted by Gasteiger charge is 2.20. The highest BCUT2D eigenvalue weighted by atomic mass is 16.3. The Morgan fingerprint density at radius 3 is 1.67 bits per heavy atom. The number of aliphatic hydroxyl groups excluding tert-OH is 3. The highest BCUT2D eigenvalue weighted by Crippen LogP contribution is 2.17. The van der Waals surface area contributed by atoms with Gasteiger partial charge < -0.3 is 15.3 Å². The molecule has 0 rings (SSSR count). The largest absolute Gasteiger partial charge is 0.396 e. The third kappa shape index (κ3) is 2.79. The molecule has 0 atom stereocenters. The van der Waals surface area contributed by atoms with Crippen molar-refractivity contribution < 1.29 is 15.3 Å². The average Bonchev–Trinajstić information content (AvgIpc) is 1.89. The molecule has 0 unspecified atom stereocenters. The second-order valence-corrected chi connectivity index (χ2v) is 2.29. The molecular formula is C6H13O3. The Hall–Kier alpha value is -0.120. The van der Waals surface area contributed by atoms with Gasteiger partial charge in [0.2, 0.25) is 0 Å².